The van der Waals surface area contributed by atoms with E-state index in [4.69, 9.17) is 9.47 Å². The summed E-state index contributed by atoms with van der Waals surface area (Å²) in [7, 11) is 3.46. The van der Waals surface area contributed by atoms with Crippen LogP contribution in [0.3, 0.4) is 0 Å². The van der Waals surface area contributed by atoms with Gasteiger partial charge in [-0.15, -0.1) is 24.0 Å². The summed E-state index contributed by atoms with van der Waals surface area (Å²) in [5.74, 6) is 2.66. The number of rotatable bonds is 7. The van der Waals surface area contributed by atoms with Crippen LogP contribution >= 0.6 is 24.0 Å². The van der Waals surface area contributed by atoms with Gasteiger partial charge in [0.15, 0.2) is 5.96 Å². The van der Waals surface area contributed by atoms with Crippen LogP contribution in [-0.2, 0) is 17.7 Å². The van der Waals surface area contributed by atoms with E-state index in [0.717, 1.165) is 49.1 Å². The zero-order valence-electron chi connectivity index (χ0n) is 18.8. The summed E-state index contributed by atoms with van der Waals surface area (Å²) in [5.41, 5.74) is 2.37. The molecule has 170 valence electrons. The molecule has 1 saturated heterocycles. The number of halogens is 1. The van der Waals surface area contributed by atoms with Crippen LogP contribution in [0.1, 0.15) is 25.0 Å². The number of pyridine rings is 1. The first-order chi connectivity index (χ1) is 14.6. The van der Waals surface area contributed by atoms with Crippen molar-refractivity contribution < 1.29 is 9.47 Å². The molecule has 2 aromatic rings. The highest BCUT2D eigenvalue weighted by molar-refractivity contribution is 14.0. The summed E-state index contributed by atoms with van der Waals surface area (Å²) in [6.45, 7) is 7.43. The zero-order chi connectivity index (χ0) is 21.3. The Hall–Kier alpha value is -2.07. The third-order valence-electron chi connectivity index (χ3n) is 5.10. The first kappa shape index (κ1) is 25.2. The molecule has 1 aliphatic heterocycles. The van der Waals surface area contributed by atoms with Gasteiger partial charge in [-0.3, -0.25) is 4.99 Å². The summed E-state index contributed by atoms with van der Waals surface area (Å²) < 4.78 is 11.0. The SMILES string of the molecule is CN=C(NCCc1ccc(OC)cc1)NCc1ccc(N2CC(C)OC(C)C2)nc1.I. The largest absolute Gasteiger partial charge is 0.497 e. The van der Waals surface area contributed by atoms with E-state index in [1.165, 1.54) is 5.56 Å². The molecule has 2 heterocycles. The Morgan fingerprint density at radius 3 is 2.35 bits per heavy atom. The average Bonchev–Trinajstić information content (AvgIpc) is 2.76. The summed E-state index contributed by atoms with van der Waals surface area (Å²) in [5, 5.41) is 6.70. The summed E-state index contributed by atoms with van der Waals surface area (Å²) in [6.07, 6.45) is 3.29. The van der Waals surface area contributed by atoms with Gasteiger partial charge in [0, 0.05) is 39.4 Å². The fraction of sp³-hybridized carbons (Fsp3) is 0.478. The van der Waals surface area contributed by atoms with E-state index < -0.39 is 0 Å². The number of guanidine groups is 1. The van der Waals surface area contributed by atoms with Gasteiger partial charge in [-0.05, 0) is 49.6 Å². The lowest BCUT2D eigenvalue weighted by Gasteiger charge is -2.36. The maximum absolute atomic E-state index is 5.80. The number of morpholine rings is 1. The number of hydrogen-bond acceptors (Lipinski definition) is 5. The fourth-order valence-electron chi connectivity index (χ4n) is 3.60. The van der Waals surface area contributed by atoms with Gasteiger partial charge in [0.25, 0.3) is 0 Å². The van der Waals surface area contributed by atoms with E-state index in [1.807, 2.05) is 18.3 Å². The lowest BCUT2D eigenvalue weighted by molar-refractivity contribution is -0.00545. The van der Waals surface area contributed by atoms with Gasteiger partial charge in [-0.1, -0.05) is 18.2 Å². The second kappa shape index (κ2) is 12.7. The molecule has 1 aromatic carbocycles. The maximum atomic E-state index is 5.80. The molecule has 2 atom stereocenters. The molecule has 0 bridgehead atoms. The highest BCUT2D eigenvalue weighted by atomic mass is 127. The molecule has 31 heavy (non-hydrogen) atoms. The lowest BCUT2D eigenvalue weighted by atomic mass is 10.1. The first-order valence-electron chi connectivity index (χ1n) is 10.5. The van der Waals surface area contributed by atoms with Gasteiger partial charge >= 0.3 is 0 Å². The van der Waals surface area contributed by atoms with Crippen LogP contribution in [0.25, 0.3) is 0 Å². The number of methoxy groups -OCH3 is 1. The van der Waals surface area contributed by atoms with E-state index in [2.05, 4.69) is 63.6 Å². The lowest BCUT2D eigenvalue weighted by Crippen LogP contribution is -2.45. The normalized spacial score (nSPS) is 18.8. The molecular weight excluding hydrogens is 505 g/mol. The second-order valence-electron chi connectivity index (χ2n) is 7.64. The van der Waals surface area contributed by atoms with Gasteiger partial charge in [-0.25, -0.2) is 4.98 Å². The maximum Gasteiger partial charge on any atom is 0.191 e. The molecule has 0 amide bonds. The van der Waals surface area contributed by atoms with Crippen molar-refractivity contribution >= 4 is 35.8 Å². The van der Waals surface area contributed by atoms with Crippen LogP contribution in [0.4, 0.5) is 5.82 Å². The number of benzene rings is 1. The van der Waals surface area contributed by atoms with Gasteiger partial charge in [0.1, 0.15) is 11.6 Å². The highest BCUT2D eigenvalue weighted by Gasteiger charge is 2.22. The zero-order valence-corrected chi connectivity index (χ0v) is 21.1. The van der Waals surface area contributed by atoms with E-state index >= 15 is 0 Å². The van der Waals surface area contributed by atoms with Crippen molar-refractivity contribution in [3.63, 3.8) is 0 Å². The molecule has 0 spiro atoms. The molecule has 3 rings (SSSR count). The minimum absolute atomic E-state index is 0. The molecular formula is C23H34IN5O2. The second-order valence-corrected chi connectivity index (χ2v) is 7.64. The first-order valence-corrected chi connectivity index (χ1v) is 10.5. The minimum Gasteiger partial charge on any atom is -0.497 e. The molecule has 0 saturated carbocycles. The smallest absolute Gasteiger partial charge is 0.191 e. The number of aliphatic imine (C=N–C) groups is 1. The predicted molar refractivity (Wildman–Crippen MR) is 137 cm³/mol. The van der Waals surface area contributed by atoms with Crippen LogP contribution in [0.5, 0.6) is 5.75 Å². The van der Waals surface area contributed by atoms with Gasteiger partial charge < -0.3 is 25.0 Å². The molecule has 8 heteroatoms. The van der Waals surface area contributed by atoms with E-state index in [0.29, 0.717) is 6.54 Å². The Morgan fingerprint density at radius 2 is 1.77 bits per heavy atom. The number of nitrogens with zero attached hydrogens (tertiary/aromatic N) is 3. The Morgan fingerprint density at radius 1 is 1.10 bits per heavy atom. The van der Waals surface area contributed by atoms with Crippen molar-refractivity contribution in [2.24, 2.45) is 4.99 Å². The minimum atomic E-state index is 0. The van der Waals surface area contributed by atoms with Crippen molar-refractivity contribution in [3.05, 3.63) is 53.7 Å². The van der Waals surface area contributed by atoms with Crippen LogP contribution < -0.4 is 20.3 Å². The molecule has 7 nitrogen and oxygen atoms in total. The molecule has 2 N–H and O–H groups in total. The quantitative estimate of drug-likeness (QED) is 0.320. The van der Waals surface area contributed by atoms with E-state index in [1.54, 1.807) is 14.2 Å². The fourth-order valence-corrected chi connectivity index (χ4v) is 3.60. The van der Waals surface area contributed by atoms with Gasteiger partial charge in [0.2, 0.25) is 0 Å². The summed E-state index contributed by atoms with van der Waals surface area (Å²) >= 11 is 0. The predicted octanol–water partition coefficient (Wildman–Crippen LogP) is 3.23. The van der Waals surface area contributed by atoms with E-state index in [-0.39, 0.29) is 36.2 Å². The van der Waals surface area contributed by atoms with Crippen LogP contribution in [0.2, 0.25) is 0 Å². The molecule has 0 radical (unpaired) electrons. The van der Waals surface area contributed by atoms with Crippen molar-refractivity contribution in [2.75, 3.05) is 38.7 Å². The number of nitrogens with one attached hydrogen (secondary N) is 2. The topological polar surface area (TPSA) is 71.0 Å². The Balaban J connectivity index is 0.00000341. The van der Waals surface area contributed by atoms with Crippen LogP contribution in [-0.4, -0.2) is 56.9 Å². The standard InChI is InChI=1S/C23H33N5O2.HI/c1-17-15-28(16-18(2)30-17)22-10-7-20(13-26-22)14-27-23(24-3)25-12-11-19-5-8-21(29-4)9-6-19;/h5-10,13,17-18H,11-12,14-16H2,1-4H3,(H2,24,25,27);1H. The molecule has 1 aliphatic rings. The van der Waals surface area contributed by atoms with Crippen molar-refractivity contribution in [1.82, 2.24) is 15.6 Å². The number of hydrogen-bond donors (Lipinski definition) is 2. The summed E-state index contributed by atoms with van der Waals surface area (Å²) in [6, 6.07) is 12.3. The Bertz CT molecular complexity index is 804. The Labute approximate surface area is 202 Å². The highest BCUT2D eigenvalue weighted by Crippen LogP contribution is 2.18. The number of anilines is 1. The molecule has 2 unspecified atom stereocenters. The van der Waals surface area contributed by atoms with Crippen LogP contribution in [0.15, 0.2) is 47.6 Å². The van der Waals surface area contributed by atoms with Crippen molar-refractivity contribution in [1.29, 1.82) is 0 Å². The summed E-state index contributed by atoms with van der Waals surface area (Å²) in [4.78, 5) is 11.2. The third kappa shape index (κ3) is 7.84. The van der Waals surface area contributed by atoms with Gasteiger partial charge in [0.05, 0.1) is 19.3 Å². The van der Waals surface area contributed by atoms with Crippen LogP contribution in [0, 0.1) is 0 Å². The molecule has 1 aromatic heterocycles. The van der Waals surface area contributed by atoms with Gasteiger partial charge in [-0.2, -0.15) is 0 Å². The third-order valence-corrected chi connectivity index (χ3v) is 5.10. The Kier molecular flexibility index (Phi) is 10.3. The van der Waals surface area contributed by atoms with Crippen molar-refractivity contribution in [3.8, 4) is 5.75 Å². The number of aromatic nitrogens is 1. The van der Waals surface area contributed by atoms with Crippen molar-refractivity contribution in [2.45, 2.75) is 39.0 Å². The monoisotopic (exact) mass is 539 g/mol. The van der Waals surface area contributed by atoms with E-state index in [9.17, 15) is 0 Å². The molecule has 1 fully saturated rings. The average molecular weight is 539 g/mol. The number of ether oxygens (including phenoxy) is 2. The molecule has 0 aliphatic carbocycles.